The molecule has 2 rings (SSSR count). The monoisotopic (exact) mass is 254 g/mol. The Morgan fingerprint density at radius 2 is 1.74 bits per heavy atom. The summed E-state index contributed by atoms with van der Waals surface area (Å²) in [6.07, 6.45) is 0.591. The van der Waals surface area contributed by atoms with E-state index in [1.807, 2.05) is 32.0 Å². The van der Waals surface area contributed by atoms with Crippen LogP contribution in [0.25, 0.3) is 0 Å². The average Bonchev–Trinajstić information content (AvgIpc) is 2.40. The predicted octanol–water partition coefficient (Wildman–Crippen LogP) is 4.24. The second-order valence-corrected chi connectivity index (χ2v) is 4.30. The molecule has 0 aliphatic rings. The standard InChI is InChI=1S/C15H14N2O2/c1-10-4-3-5-11(2)15(10)17-16-13-6-7-14(19)12(8-13)9-18/h3-9,19H,1-2H3. The van der Waals surface area contributed by atoms with Crippen LogP contribution in [0.1, 0.15) is 21.5 Å². The van der Waals surface area contributed by atoms with Gasteiger partial charge >= 0.3 is 0 Å². The number of azo groups is 1. The highest BCUT2D eigenvalue weighted by Gasteiger charge is 2.02. The van der Waals surface area contributed by atoms with Gasteiger partial charge in [-0.25, -0.2) is 0 Å². The Kier molecular flexibility index (Phi) is 3.71. The van der Waals surface area contributed by atoms with Crippen LogP contribution in [0.3, 0.4) is 0 Å². The molecule has 0 amide bonds. The van der Waals surface area contributed by atoms with Crippen molar-refractivity contribution in [1.29, 1.82) is 0 Å². The summed E-state index contributed by atoms with van der Waals surface area (Å²) in [6.45, 7) is 3.93. The van der Waals surface area contributed by atoms with Crippen molar-refractivity contribution in [1.82, 2.24) is 0 Å². The summed E-state index contributed by atoms with van der Waals surface area (Å²) in [5.74, 6) is -0.0546. The van der Waals surface area contributed by atoms with Gasteiger partial charge < -0.3 is 5.11 Å². The smallest absolute Gasteiger partial charge is 0.153 e. The van der Waals surface area contributed by atoms with Crippen LogP contribution in [-0.4, -0.2) is 11.4 Å². The van der Waals surface area contributed by atoms with Crippen molar-refractivity contribution < 1.29 is 9.90 Å². The molecule has 2 aromatic rings. The number of aromatic hydroxyl groups is 1. The molecule has 19 heavy (non-hydrogen) atoms. The van der Waals surface area contributed by atoms with Crippen LogP contribution >= 0.6 is 0 Å². The van der Waals surface area contributed by atoms with Crippen molar-refractivity contribution in [2.45, 2.75) is 13.8 Å². The molecule has 0 unspecified atom stereocenters. The largest absolute Gasteiger partial charge is 0.507 e. The summed E-state index contributed by atoms with van der Waals surface area (Å²) in [5, 5.41) is 17.7. The highest BCUT2D eigenvalue weighted by Crippen LogP contribution is 2.27. The van der Waals surface area contributed by atoms with E-state index in [0.29, 0.717) is 12.0 Å². The Bertz CT molecular complexity index is 628. The minimum Gasteiger partial charge on any atom is -0.507 e. The Hall–Kier alpha value is -2.49. The number of nitrogens with zero attached hydrogens (tertiary/aromatic N) is 2. The van der Waals surface area contributed by atoms with Crippen molar-refractivity contribution in [3.05, 3.63) is 53.1 Å². The minimum atomic E-state index is -0.0546. The number of rotatable bonds is 3. The summed E-state index contributed by atoms with van der Waals surface area (Å²) in [6, 6.07) is 10.4. The van der Waals surface area contributed by atoms with Crippen molar-refractivity contribution >= 4 is 17.7 Å². The first-order chi connectivity index (χ1) is 9.11. The highest BCUT2D eigenvalue weighted by molar-refractivity contribution is 5.80. The maximum absolute atomic E-state index is 10.7. The van der Waals surface area contributed by atoms with Gasteiger partial charge in [0.1, 0.15) is 5.75 Å². The molecule has 0 aromatic heterocycles. The zero-order chi connectivity index (χ0) is 13.8. The van der Waals surface area contributed by atoms with E-state index in [1.165, 1.54) is 12.1 Å². The molecule has 4 nitrogen and oxygen atoms in total. The fraction of sp³-hybridized carbons (Fsp3) is 0.133. The van der Waals surface area contributed by atoms with E-state index in [9.17, 15) is 9.90 Å². The van der Waals surface area contributed by atoms with E-state index in [0.717, 1.165) is 16.8 Å². The van der Waals surface area contributed by atoms with E-state index in [1.54, 1.807) is 6.07 Å². The highest BCUT2D eigenvalue weighted by atomic mass is 16.3. The fourth-order valence-corrected chi connectivity index (χ4v) is 1.77. The molecule has 1 N–H and O–H groups in total. The van der Waals surface area contributed by atoms with E-state index < -0.39 is 0 Å². The Morgan fingerprint density at radius 1 is 1.05 bits per heavy atom. The lowest BCUT2D eigenvalue weighted by Crippen LogP contribution is -1.80. The van der Waals surface area contributed by atoms with Crippen LogP contribution in [0.4, 0.5) is 11.4 Å². The van der Waals surface area contributed by atoms with Gasteiger partial charge in [0.05, 0.1) is 16.9 Å². The van der Waals surface area contributed by atoms with Crippen molar-refractivity contribution in [3.63, 3.8) is 0 Å². The number of phenols is 1. The number of hydrogen-bond donors (Lipinski definition) is 1. The van der Waals surface area contributed by atoms with Crippen LogP contribution in [0.2, 0.25) is 0 Å². The van der Waals surface area contributed by atoms with Crippen molar-refractivity contribution in [2.24, 2.45) is 10.2 Å². The molecular formula is C15H14N2O2. The van der Waals surface area contributed by atoms with Crippen LogP contribution in [0.15, 0.2) is 46.6 Å². The number of aldehydes is 1. The Labute approximate surface area is 111 Å². The first kappa shape index (κ1) is 13.0. The van der Waals surface area contributed by atoms with Crippen LogP contribution < -0.4 is 0 Å². The normalized spacial score (nSPS) is 10.8. The van der Waals surface area contributed by atoms with Crippen LogP contribution in [0, 0.1) is 13.8 Å². The van der Waals surface area contributed by atoms with Gasteiger partial charge in [-0.3, -0.25) is 4.79 Å². The van der Waals surface area contributed by atoms with Gasteiger partial charge in [-0.1, -0.05) is 18.2 Å². The molecule has 0 aliphatic heterocycles. The summed E-state index contributed by atoms with van der Waals surface area (Å²) in [4.78, 5) is 10.7. The lowest BCUT2D eigenvalue weighted by Gasteiger charge is -2.02. The number of hydrogen-bond acceptors (Lipinski definition) is 4. The van der Waals surface area contributed by atoms with Gasteiger partial charge in [0.25, 0.3) is 0 Å². The molecule has 0 heterocycles. The Balaban J connectivity index is 2.35. The van der Waals surface area contributed by atoms with Gasteiger partial charge in [-0.15, -0.1) is 0 Å². The third-order valence-corrected chi connectivity index (χ3v) is 2.84. The van der Waals surface area contributed by atoms with Gasteiger partial charge in [0, 0.05) is 0 Å². The molecule has 0 aliphatic carbocycles. The Morgan fingerprint density at radius 3 is 2.37 bits per heavy atom. The molecule has 2 aromatic carbocycles. The van der Waals surface area contributed by atoms with Gasteiger partial charge in [-0.2, -0.15) is 10.2 Å². The van der Waals surface area contributed by atoms with E-state index in [-0.39, 0.29) is 11.3 Å². The molecule has 0 fully saturated rings. The van der Waals surface area contributed by atoms with Gasteiger partial charge in [0.2, 0.25) is 0 Å². The minimum absolute atomic E-state index is 0.0546. The quantitative estimate of drug-likeness (QED) is 0.657. The van der Waals surface area contributed by atoms with Crippen molar-refractivity contribution in [3.8, 4) is 5.75 Å². The first-order valence-corrected chi connectivity index (χ1v) is 5.88. The lowest BCUT2D eigenvalue weighted by molar-refractivity contribution is 0.112. The number of benzene rings is 2. The van der Waals surface area contributed by atoms with Gasteiger partial charge in [-0.05, 0) is 43.2 Å². The molecule has 0 bridgehead atoms. The average molecular weight is 254 g/mol. The number of aryl methyl sites for hydroxylation is 2. The molecule has 0 saturated heterocycles. The maximum Gasteiger partial charge on any atom is 0.153 e. The van der Waals surface area contributed by atoms with Gasteiger partial charge in [0.15, 0.2) is 6.29 Å². The third kappa shape index (κ3) is 2.85. The summed E-state index contributed by atoms with van der Waals surface area (Å²) >= 11 is 0. The topological polar surface area (TPSA) is 62.0 Å². The summed E-state index contributed by atoms with van der Waals surface area (Å²) < 4.78 is 0. The molecule has 96 valence electrons. The zero-order valence-corrected chi connectivity index (χ0v) is 10.8. The second-order valence-electron chi connectivity index (χ2n) is 4.30. The lowest BCUT2D eigenvalue weighted by atomic mass is 10.1. The predicted molar refractivity (Wildman–Crippen MR) is 73.6 cm³/mol. The molecule has 0 radical (unpaired) electrons. The zero-order valence-electron chi connectivity index (χ0n) is 10.8. The summed E-state index contributed by atoms with van der Waals surface area (Å²) in [5.41, 5.74) is 3.64. The summed E-state index contributed by atoms with van der Waals surface area (Å²) in [7, 11) is 0. The molecule has 0 saturated carbocycles. The van der Waals surface area contributed by atoms with Crippen LogP contribution in [-0.2, 0) is 0 Å². The molecular weight excluding hydrogens is 240 g/mol. The third-order valence-electron chi connectivity index (χ3n) is 2.84. The second kappa shape index (κ2) is 5.44. The first-order valence-electron chi connectivity index (χ1n) is 5.88. The maximum atomic E-state index is 10.7. The molecule has 4 heteroatoms. The number of carbonyl (C=O) groups excluding carboxylic acids is 1. The fourth-order valence-electron chi connectivity index (χ4n) is 1.77. The van der Waals surface area contributed by atoms with Crippen molar-refractivity contribution in [2.75, 3.05) is 0 Å². The molecule has 0 atom stereocenters. The SMILES string of the molecule is Cc1cccc(C)c1N=Nc1ccc(O)c(C=O)c1. The number of phenolic OH excluding ortho intramolecular Hbond substituents is 1. The van der Waals surface area contributed by atoms with E-state index in [4.69, 9.17) is 0 Å². The number of carbonyl (C=O) groups is 1. The van der Waals surface area contributed by atoms with Crippen LogP contribution in [0.5, 0.6) is 5.75 Å². The van der Waals surface area contributed by atoms with E-state index >= 15 is 0 Å². The molecule has 0 spiro atoms. The van der Waals surface area contributed by atoms with E-state index in [2.05, 4.69) is 10.2 Å².